The molecule has 0 fully saturated rings. The van der Waals surface area contributed by atoms with Crippen LogP contribution < -0.4 is 0 Å². The topological polar surface area (TPSA) is 30.0 Å². The van der Waals surface area contributed by atoms with Crippen molar-refractivity contribution in [1.82, 2.24) is 4.98 Å². The minimum atomic E-state index is -0.136. The van der Waals surface area contributed by atoms with E-state index in [1.807, 2.05) is 56.3 Å². The maximum Gasteiger partial charge on any atom is 0.175 e. The summed E-state index contributed by atoms with van der Waals surface area (Å²) in [7, 11) is 0. The SMILES string of the molecule is Cc1ccc(C(=O)C(C)Sc2ccnc3ccccc23)cc1C. The van der Waals surface area contributed by atoms with E-state index in [1.54, 1.807) is 18.0 Å². The third-order valence-corrected chi connectivity index (χ3v) is 5.25. The average molecular weight is 321 g/mol. The van der Waals surface area contributed by atoms with Crippen LogP contribution in [0.15, 0.2) is 59.6 Å². The van der Waals surface area contributed by atoms with Crippen LogP contribution in [0.5, 0.6) is 0 Å². The average Bonchev–Trinajstić information content (AvgIpc) is 2.57. The van der Waals surface area contributed by atoms with Crippen LogP contribution in [0.4, 0.5) is 0 Å². The number of nitrogens with zero attached hydrogens (tertiary/aromatic N) is 1. The second-order valence-electron chi connectivity index (χ2n) is 5.75. The van der Waals surface area contributed by atoms with E-state index < -0.39 is 0 Å². The van der Waals surface area contributed by atoms with Gasteiger partial charge >= 0.3 is 0 Å². The largest absolute Gasteiger partial charge is 0.293 e. The van der Waals surface area contributed by atoms with Crippen LogP contribution in [0.3, 0.4) is 0 Å². The van der Waals surface area contributed by atoms with Crippen molar-refractivity contribution in [2.45, 2.75) is 30.9 Å². The molecule has 0 saturated heterocycles. The van der Waals surface area contributed by atoms with Crippen molar-refractivity contribution in [3.63, 3.8) is 0 Å². The predicted octanol–water partition coefficient (Wildman–Crippen LogP) is 5.22. The molecule has 0 aliphatic carbocycles. The number of Topliss-reactive ketones (excluding diaryl/α,β-unsaturated/α-hetero) is 1. The van der Waals surface area contributed by atoms with Gasteiger partial charge in [0.05, 0.1) is 10.8 Å². The summed E-state index contributed by atoms with van der Waals surface area (Å²) in [5, 5.41) is 0.961. The van der Waals surface area contributed by atoms with Gasteiger partial charge in [0, 0.05) is 22.0 Å². The van der Waals surface area contributed by atoms with Crippen LogP contribution in [-0.4, -0.2) is 16.0 Å². The highest BCUT2D eigenvalue weighted by atomic mass is 32.2. The molecule has 3 heteroatoms. The van der Waals surface area contributed by atoms with Crippen molar-refractivity contribution in [3.05, 3.63) is 71.4 Å². The number of pyridine rings is 1. The van der Waals surface area contributed by atoms with Crippen molar-refractivity contribution in [2.24, 2.45) is 0 Å². The van der Waals surface area contributed by atoms with Gasteiger partial charge in [-0.3, -0.25) is 9.78 Å². The smallest absolute Gasteiger partial charge is 0.175 e. The number of fused-ring (bicyclic) bond motifs is 1. The standard InChI is InChI=1S/C20H19NOS/c1-13-8-9-16(12-14(13)2)20(22)15(3)23-19-10-11-21-18-7-5-4-6-17(18)19/h4-12,15H,1-3H3. The van der Waals surface area contributed by atoms with Crippen molar-refractivity contribution in [2.75, 3.05) is 0 Å². The van der Waals surface area contributed by atoms with Crippen LogP contribution in [0, 0.1) is 13.8 Å². The molecule has 0 aliphatic heterocycles. The monoisotopic (exact) mass is 321 g/mol. The highest BCUT2D eigenvalue weighted by Crippen LogP contribution is 2.31. The van der Waals surface area contributed by atoms with E-state index >= 15 is 0 Å². The number of para-hydroxylation sites is 1. The number of carbonyl (C=O) groups is 1. The molecule has 0 bridgehead atoms. The lowest BCUT2D eigenvalue weighted by atomic mass is 10.0. The molecule has 0 aliphatic rings. The number of ketones is 1. The zero-order valence-corrected chi connectivity index (χ0v) is 14.4. The Bertz CT molecular complexity index is 867. The summed E-state index contributed by atoms with van der Waals surface area (Å²) in [6.45, 7) is 6.07. The fourth-order valence-electron chi connectivity index (χ4n) is 2.55. The summed E-state index contributed by atoms with van der Waals surface area (Å²) in [5.41, 5.74) is 4.11. The first-order chi connectivity index (χ1) is 11.1. The number of benzene rings is 2. The van der Waals surface area contributed by atoms with Gasteiger partial charge in [0.1, 0.15) is 0 Å². The Balaban J connectivity index is 1.86. The highest BCUT2D eigenvalue weighted by Gasteiger charge is 2.18. The number of carbonyl (C=O) groups excluding carboxylic acids is 1. The maximum absolute atomic E-state index is 12.7. The molecule has 0 radical (unpaired) electrons. The van der Waals surface area contributed by atoms with Crippen molar-refractivity contribution in [3.8, 4) is 0 Å². The van der Waals surface area contributed by atoms with E-state index in [0.29, 0.717) is 0 Å². The number of hydrogen-bond donors (Lipinski definition) is 0. The Morgan fingerprint density at radius 2 is 1.83 bits per heavy atom. The molecular formula is C20H19NOS. The molecule has 116 valence electrons. The van der Waals surface area contributed by atoms with E-state index in [0.717, 1.165) is 26.9 Å². The molecule has 1 aromatic heterocycles. The molecule has 3 aromatic rings. The summed E-state index contributed by atoms with van der Waals surface area (Å²) in [6, 6.07) is 15.9. The quantitative estimate of drug-likeness (QED) is 0.488. The lowest BCUT2D eigenvalue weighted by molar-refractivity contribution is 0.0994. The first kappa shape index (κ1) is 15.8. The second kappa shape index (κ2) is 6.55. The molecule has 1 heterocycles. The lowest BCUT2D eigenvalue weighted by Crippen LogP contribution is -2.13. The second-order valence-corrected chi connectivity index (χ2v) is 7.13. The third kappa shape index (κ3) is 3.30. The van der Waals surface area contributed by atoms with Gasteiger partial charge < -0.3 is 0 Å². The summed E-state index contributed by atoms with van der Waals surface area (Å²) >= 11 is 1.60. The van der Waals surface area contributed by atoms with E-state index in [9.17, 15) is 4.79 Å². The molecule has 2 nitrogen and oxygen atoms in total. The highest BCUT2D eigenvalue weighted by molar-refractivity contribution is 8.00. The van der Waals surface area contributed by atoms with Gasteiger partial charge in [-0.05, 0) is 50.1 Å². The van der Waals surface area contributed by atoms with Crippen LogP contribution in [0.1, 0.15) is 28.4 Å². The Labute approximate surface area is 140 Å². The van der Waals surface area contributed by atoms with Gasteiger partial charge in [-0.25, -0.2) is 0 Å². The number of aryl methyl sites for hydroxylation is 2. The maximum atomic E-state index is 12.7. The first-order valence-corrected chi connectivity index (χ1v) is 8.56. The van der Waals surface area contributed by atoms with Gasteiger partial charge in [-0.15, -0.1) is 11.8 Å². The summed E-state index contributed by atoms with van der Waals surface area (Å²) in [4.78, 5) is 18.2. The Kier molecular flexibility index (Phi) is 4.49. The zero-order chi connectivity index (χ0) is 16.4. The molecule has 1 unspecified atom stereocenters. The van der Waals surface area contributed by atoms with Gasteiger partial charge in [0.15, 0.2) is 5.78 Å². The fraction of sp³-hybridized carbons (Fsp3) is 0.200. The molecule has 0 amide bonds. The van der Waals surface area contributed by atoms with Crippen LogP contribution in [0.25, 0.3) is 10.9 Å². The summed E-state index contributed by atoms with van der Waals surface area (Å²) in [5.74, 6) is 0.166. The Morgan fingerprint density at radius 1 is 1.04 bits per heavy atom. The summed E-state index contributed by atoms with van der Waals surface area (Å²) < 4.78 is 0. The van der Waals surface area contributed by atoms with Gasteiger partial charge in [0.25, 0.3) is 0 Å². The number of rotatable bonds is 4. The third-order valence-electron chi connectivity index (χ3n) is 4.07. The van der Waals surface area contributed by atoms with E-state index in [1.165, 1.54) is 5.56 Å². The molecule has 23 heavy (non-hydrogen) atoms. The minimum Gasteiger partial charge on any atom is -0.293 e. The first-order valence-electron chi connectivity index (χ1n) is 7.68. The van der Waals surface area contributed by atoms with Gasteiger partial charge in [0.2, 0.25) is 0 Å². The normalized spacial score (nSPS) is 12.3. The minimum absolute atomic E-state index is 0.136. The van der Waals surface area contributed by atoms with Crippen molar-refractivity contribution >= 4 is 28.4 Å². The van der Waals surface area contributed by atoms with Crippen LogP contribution >= 0.6 is 11.8 Å². The zero-order valence-electron chi connectivity index (χ0n) is 13.5. The van der Waals surface area contributed by atoms with Gasteiger partial charge in [-0.2, -0.15) is 0 Å². The number of aromatic nitrogens is 1. The van der Waals surface area contributed by atoms with Crippen LogP contribution in [0.2, 0.25) is 0 Å². The molecule has 1 atom stereocenters. The molecule has 0 N–H and O–H groups in total. The van der Waals surface area contributed by atoms with E-state index in [4.69, 9.17) is 0 Å². The number of hydrogen-bond acceptors (Lipinski definition) is 3. The summed E-state index contributed by atoms with van der Waals surface area (Å²) in [6.07, 6.45) is 1.80. The predicted molar refractivity (Wildman–Crippen MR) is 97.3 cm³/mol. The van der Waals surface area contributed by atoms with Crippen LogP contribution in [-0.2, 0) is 0 Å². The molecule has 3 rings (SSSR count). The molecular weight excluding hydrogens is 302 g/mol. The van der Waals surface area contributed by atoms with Crippen molar-refractivity contribution in [1.29, 1.82) is 0 Å². The Hall–Kier alpha value is -2.13. The fourth-order valence-corrected chi connectivity index (χ4v) is 3.61. The Morgan fingerprint density at radius 3 is 2.61 bits per heavy atom. The molecule has 2 aromatic carbocycles. The number of thioether (sulfide) groups is 1. The molecule has 0 saturated carbocycles. The van der Waals surface area contributed by atoms with Gasteiger partial charge in [-0.1, -0.05) is 30.3 Å². The van der Waals surface area contributed by atoms with E-state index in [-0.39, 0.29) is 11.0 Å². The lowest BCUT2D eigenvalue weighted by Gasteiger charge is -2.13. The van der Waals surface area contributed by atoms with Crippen molar-refractivity contribution < 1.29 is 4.79 Å². The van der Waals surface area contributed by atoms with E-state index in [2.05, 4.69) is 18.0 Å². The molecule has 0 spiro atoms.